The van der Waals surface area contributed by atoms with Crippen LogP contribution in [0.15, 0.2) is 54.6 Å². The highest BCUT2D eigenvalue weighted by molar-refractivity contribution is 5.82. The predicted molar refractivity (Wildman–Crippen MR) is 82.8 cm³/mol. The molecule has 0 saturated carbocycles. The van der Waals surface area contributed by atoms with E-state index in [2.05, 4.69) is 6.07 Å². The Hall–Kier alpha value is -3.11. The molecular weight excluding hydrogens is 288 g/mol. The van der Waals surface area contributed by atoms with Gasteiger partial charge in [0.2, 0.25) is 0 Å². The summed E-state index contributed by atoms with van der Waals surface area (Å²) in [4.78, 5) is 12.2. The lowest BCUT2D eigenvalue weighted by atomic mass is 9.68. The number of hydrogen-bond donors (Lipinski definition) is 0. The fraction of sp³-hybridized carbons (Fsp3) is 0.211. The summed E-state index contributed by atoms with van der Waals surface area (Å²) in [5, 5.41) is 19.4. The van der Waals surface area contributed by atoms with Gasteiger partial charge in [0.05, 0.1) is 12.1 Å². The Morgan fingerprint density at radius 2 is 1.70 bits per heavy atom. The molecule has 1 saturated heterocycles. The molecule has 1 fully saturated rings. The van der Waals surface area contributed by atoms with Gasteiger partial charge in [-0.1, -0.05) is 60.2 Å². The average Bonchev–Trinajstić information content (AvgIpc) is 2.89. The van der Waals surface area contributed by atoms with Gasteiger partial charge in [-0.15, -0.1) is 0 Å². The van der Waals surface area contributed by atoms with Gasteiger partial charge in [-0.05, 0) is 18.1 Å². The molecule has 2 aromatic carbocycles. The lowest BCUT2D eigenvalue weighted by Crippen LogP contribution is -2.35. The molecule has 1 aliphatic heterocycles. The third kappa shape index (κ3) is 2.17. The summed E-state index contributed by atoms with van der Waals surface area (Å²) in [6.07, 6.45) is -0.798. The van der Waals surface area contributed by atoms with Crippen molar-refractivity contribution < 1.29 is 9.53 Å². The van der Waals surface area contributed by atoms with Crippen molar-refractivity contribution in [2.75, 3.05) is 0 Å². The molecule has 4 nitrogen and oxygen atoms in total. The van der Waals surface area contributed by atoms with Gasteiger partial charge in [-0.2, -0.15) is 10.5 Å². The van der Waals surface area contributed by atoms with Crippen LogP contribution in [-0.2, 0) is 14.9 Å². The number of esters is 1. The van der Waals surface area contributed by atoms with Gasteiger partial charge in [-0.25, -0.2) is 0 Å². The molecule has 0 N–H and O–H groups in total. The van der Waals surface area contributed by atoms with E-state index in [1.165, 1.54) is 0 Å². The molecule has 0 spiro atoms. The van der Waals surface area contributed by atoms with Crippen molar-refractivity contribution >= 4 is 5.97 Å². The molecule has 0 amide bonds. The van der Waals surface area contributed by atoms with E-state index in [1.807, 2.05) is 43.3 Å². The van der Waals surface area contributed by atoms with Crippen LogP contribution >= 0.6 is 0 Å². The Labute approximate surface area is 134 Å². The number of benzene rings is 2. The molecule has 3 rings (SSSR count). The van der Waals surface area contributed by atoms with Crippen molar-refractivity contribution in [3.63, 3.8) is 0 Å². The quantitative estimate of drug-likeness (QED) is 0.798. The highest BCUT2D eigenvalue weighted by Gasteiger charge is 2.60. The molecule has 0 aromatic heterocycles. The van der Waals surface area contributed by atoms with E-state index in [0.717, 1.165) is 5.56 Å². The zero-order chi connectivity index (χ0) is 16.4. The number of aryl methyl sites for hydroxylation is 1. The van der Waals surface area contributed by atoms with Gasteiger partial charge in [0, 0.05) is 0 Å². The monoisotopic (exact) mass is 302 g/mol. The maximum Gasteiger partial charge on any atom is 0.326 e. The van der Waals surface area contributed by atoms with Crippen LogP contribution in [0.2, 0.25) is 0 Å². The van der Waals surface area contributed by atoms with Gasteiger partial charge in [-0.3, -0.25) is 4.79 Å². The third-order valence-electron chi connectivity index (χ3n) is 4.28. The molecule has 0 radical (unpaired) electrons. The molecule has 2 aromatic rings. The van der Waals surface area contributed by atoms with Gasteiger partial charge < -0.3 is 4.74 Å². The average molecular weight is 302 g/mol. The van der Waals surface area contributed by atoms with Crippen molar-refractivity contribution in [1.82, 2.24) is 0 Å². The highest BCUT2D eigenvalue weighted by Crippen LogP contribution is 2.50. The second-order valence-electron chi connectivity index (χ2n) is 5.64. The highest BCUT2D eigenvalue weighted by atomic mass is 16.6. The first-order chi connectivity index (χ1) is 11.1. The van der Waals surface area contributed by atoms with Crippen LogP contribution in [0, 0.1) is 35.5 Å². The summed E-state index contributed by atoms with van der Waals surface area (Å²) >= 11 is 0. The lowest BCUT2D eigenvalue weighted by molar-refractivity contribution is -0.143. The normalized spacial score (nSPS) is 26.1. The molecule has 0 bridgehead atoms. The Kier molecular flexibility index (Phi) is 3.60. The molecule has 4 heteroatoms. The topological polar surface area (TPSA) is 73.9 Å². The number of carbonyl (C=O) groups excluding carboxylic acids is 1. The van der Waals surface area contributed by atoms with Crippen LogP contribution in [-0.4, -0.2) is 5.97 Å². The van der Waals surface area contributed by atoms with E-state index in [1.54, 1.807) is 24.3 Å². The Morgan fingerprint density at radius 1 is 1.04 bits per heavy atom. The number of nitriles is 2. The van der Waals surface area contributed by atoms with Gasteiger partial charge in [0.15, 0.2) is 12.0 Å². The SMILES string of the molecule is Cc1ccc(C2(C#N)C(C#N)C(=O)OC2c2ccccc2)cc1. The van der Waals surface area contributed by atoms with Crippen LogP contribution < -0.4 is 0 Å². The Bertz CT molecular complexity index is 815. The third-order valence-corrected chi connectivity index (χ3v) is 4.28. The fourth-order valence-corrected chi connectivity index (χ4v) is 3.06. The minimum atomic E-state index is -1.35. The summed E-state index contributed by atoms with van der Waals surface area (Å²) in [6, 6.07) is 20.6. The van der Waals surface area contributed by atoms with Gasteiger partial charge in [0.25, 0.3) is 0 Å². The molecule has 3 atom stereocenters. The standard InChI is InChI=1S/C19H14N2O2/c1-13-7-9-15(10-8-13)19(12-21)16(11-20)18(22)23-17(19)14-5-3-2-4-6-14/h2-10,16-17H,1H3. The molecule has 0 aliphatic carbocycles. The zero-order valence-corrected chi connectivity index (χ0v) is 12.6. The lowest BCUT2D eigenvalue weighted by Gasteiger charge is -2.28. The number of cyclic esters (lactones) is 1. The molecular formula is C19H14N2O2. The predicted octanol–water partition coefficient (Wildman–Crippen LogP) is 3.19. The Balaban J connectivity index is 2.23. The first-order valence-electron chi connectivity index (χ1n) is 7.27. The molecule has 23 heavy (non-hydrogen) atoms. The molecule has 1 aliphatic rings. The number of hydrogen-bond acceptors (Lipinski definition) is 4. The maximum atomic E-state index is 12.2. The largest absolute Gasteiger partial charge is 0.454 e. The van der Waals surface area contributed by atoms with Crippen LogP contribution in [0.1, 0.15) is 22.8 Å². The molecule has 3 unspecified atom stereocenters. The van der Waals surface area contributed by atoms with Crippen LogP contribution in [0.3, 0.4) is 0 Å². The minimum Gasteiger partial charge on any atom is -0.454 e. The molecule has 1 heterocycles. The van der Waals surface area contributed by atoms with Crippen molar-refractivity contribution in [2.45, 2.75) is 18.4 Å². The Morgan fingerprint density at radius 3 is 2.26 bits per heavy atom. The van der Waals surface area contributed by atoms with Gasteiger partial charge in [0.1, 0.15) is 5.41 Å². The number of carbonyl (C=O) groups is 1. The first-order valence-corrected chi connectivity index (χ1v) is 7.27. The van der Waals surface area contributed by atoms with E-state index in [4.69, 9.17) is 4.74 Å². The smallest absolute Gasteiger partial charge is 0.326 e. The van der Waals surface area contributed by atoms with Crippen LogP contribution in [0.5, 0.6) is 0 Å². The molecule has 112 valence electrons. The summed E-state index contributed by atoms with van der Waals surface area (Å²) in [7, 11) is 0. The summed E-state index contributed by atoms with van der Waals surface area (Å²) < 4.78 is 5.46. The number of ether oxygens (including phenoxy) is 1. The van der Waals surface area contributed by atoms with E-state index >= 15 is 0 Å². The van der Waals surface area contributed by atoms with Crippen molar-refractivity contribution in [3.05, 3.63) is 71.3 Å². The van der Waals surface area contributed by atoms with Crippen molar-refractivity contribution in [2.24, 2.45) is 5.92 Å². The van der Waals surface area contributed by atoms with Crippen LogP contribution in [0.4, 0.5) is 0 Å². The maximum absolute atomic E-state index is 12.2. The zero-order valence-electron chi connectivity index (χ0n) is 12.6. The van der Waals surface area contributed by atoms with E-state index in [0.29, 0.717) is 11.1 Å². The number of rotatable bonds is 2. The minimum absolute atomic E-state index is 0.622. The van der Waals surface area contributed by atoms with E-state index < -0.39 is 23.4 Å². The van der Waals surface area contributed by atoms with E-state index in [-0.39, 0.29) is 0 Å². The summed E-state index contributed by atoms with van der Waals surface area (Å²) in [5.41, 5.74) is 1.02. The summed E-state index contributed by atoms with van der Waals surface area (Å²) in [6.45, 7) is 1.94. The van der Waals surface area contributed by atoms with Crippen LogP contribution in [0.25, 0.3) is 0 Å². The summed E-state index contributed by atoms with van der Waals surface area (Å²) in [5.74, 6) is -1.80. The second-order valence-corrected chi connectivity index (χ2v) is 5.64. The second kappa shape index (κ2) is 5.59. The van der Waals surface area contributed by atoms with Gasteiger partial charge >= 0.3 is 5.97 Å². The van der Waals surface area contributed by atoms with Crippen molar-refractivity contribution in [1.29, 1.82) is 10.5 Å². The van der Waals surface area contributed by atoms with Crippen molar-refractivity contribution in [3.8, 4) is 12.1 Å². The van der Waals surface area contributed by atoms with E-state index in [9.17, 15) is 15.3 Å². The first kappa shape index (κ1) is 14.8. The fourth-order valence-electron chi connectivity index (χ4n) is 3.06. The number of nitrogens with zero attached hydrogens (tertiary/aromatic N) is 2.